The molecule has 148 valence electrons. The van der Waals surface area contributed by atoms with Crippen molar-refractivity contribution in [3.63, 3.8) is 0 Å². The van der Waals surface area contributed by atoms with Crippen molar-refractivity contribution in [1.29, 1.82) is 0 Å². The summed E-state index contributed by atoms with van der Waals surface area (Å²) in [4.78, 5) is 35.4. The third-order valence-electron chi connectivity index (χ3n) is 3.52. The molecular weight excluding hydrogens is 384 g/mol. The van der Waals surface area contributed by atoms with E-state index in [1.54, 1.807) is 48.5 Å². The van der Waals surface area contributed by atoms with Crippen LogP contribution >= 0.6 is 11.6 Å². The highest BCUT2D eigenvalue weighted by Crippen LogP contribution is 2.20. The van der Waals surface area contributed by atoms with Crippen LogP contribution in [0.3, 0.4) is 0 Å². The minimum atomic E-state index is -0.642. The summed E-state index contributed by atoms with van der Waals surface area (Å²) in [7, 11) is 0. The van der Waals surface area contributed by atoms with Crippen LogP contribution in [-0.2, 0) is 19.1 Å². The SMILES string of the molecule is CCOc1ccc(NC(=O)CCC(=O)OCC(=O)Nc2ccccc2Cl)cc1. The van der Waals surface area contributed by atoms with E-state index in [4.69, 9.17) is 21.1 Å². The highest BCUT2D eigenvalue weighted by molar-refractivity contribution is 6.33. The lowest BCUT2D eigenvalue weighted by molar-refractivity contribution is -0.147. The van der Waals surface area contributed by atoms with E-state index in [9.17, 15) is 14.4 Å². The zero-order valence-corrected chi connectivity index (χ0v) is 16.1. The van der Waals surface area contributed by atoms with Crippen LogP contribution in [0.15, 0.2) is 48.5 Å². The maximum atomic E-state index is 11.9. The smallest absolute Gasteiger partial charge is 0.306 e. The van der Waals surface area contributed by atoms with Crippen molar-refractivity contribution in [1.82, 2.24) is 0 Å². The Morgan fingerprint density at radius 1 is 0.929 bits per heavy atom. The molecule has 0 saturated heterocycles. The molecule has 2 rings (SSSR count). The van der Waals surface area contributed by atoms with Crippen molar-refractivity contribution in [2.24, 2.45) is 0 Å². The van der Waals surface area contributed by atoms with Gasteiger partial charge in [-0.25, -0.2) is 0 Å². The zero-order chi connectivity index (χ0) is 20.4. The molecule has 0 aliphatic rings. The summed E-state index contributed by atoms with van der Waals surface area (Å²) < 4.78 is 10.2. The van der Waals surface area contributed by atoms with Crippen molar-refractivity contribution >= 4 is 40.8 Å². The van der Waals surface area contributed by atoms with Gasteiger partial charge in [0.15, 0.2) is 6.61 Å². The van der Waals surface area contributed by atoms with E-state index in [0.29, 0.717) is 28.8 Å². The highest BCUT2D eigenvalue weighted by Gasteiger charge is 2.12. The maximum absolute atomic E-state index is 11.9. The molecule has 2 aromatic carbocycles. The van der Waals surface area contributed by atoms with Gasteiger partial charge in [-0.2, -0.15) is 0 Å². The average Bonchev–Trinajstić information content (AvgIpc) is 2.68. The monoisotopic (exact) mass is 404 g/mol. The number of para-hydroxylation sites is 1. The number of ether oxygens (including phenoxy) is 2. The number of amides is 2. The second-order valence-corrected chi connectivity index (χ2v) is 6.10. The first-order chi connectivity index (χ1) is 13.5. The average molecular weight is 405 g/mol. The number of rotatable bonds is 9. The van der Waals surface area contributed by atoms with Crippen LogP contribution < -0.4 is 15.4 Å². The summed E-state index contributed by atoms with van der Waals surface area (Å²) >= 11 is 5.93. The molecule has 2 N–H and O–H groups in total. The van der Waals surface area contributed by atoms with Gasteiger partial charge < -0.3 is 20.1 Å². The molecule has 8 heteroatoms. The normalized spacial score (nSPS) is 10.1. The molecule has 0 atom stereocenters. The molecule has 0 aliphatic carbocycles. The third kappa shape index (κ3) is 7.28. The fourth-order valence-electron chi connectivity index (χ4n) is 2.21. The maximum Gasteiger partial charge on any atom is 0.306 e. The number of nitrogens with one attached hydrogen (secondary N) is 2. The molecule has 0 spiro atoms. The Morgan fingerprint density at radius 2 is 1.64 bits per heavy atom. The van der Waals surface area contributed by atoms with E-state index in [1.165, 1.54) is 0 Å². The molecule has 0 bridgehead atoms. The van der Waals surface area contributed by atoms with E-state index in [-0.39, 0.29) is 18.7 Å². The topological polar surface area (TPSA) is 93.7 Å². The number of hydrogen-bond acceptors (Lipinski definition) is 5. The van der Waals surface area contributed by atoms with Crippen LogP contribution in [0.1, 0.15) is 19.8 Å². The van der Waals surface area contributed by atoms with Gasteiger partial charge in [-0.3, -0.25) is 14.4 Å². The highest BCUT2D eigenvalue weighted by atomic mass is 35.5. The van der Waals surface area contributed by atoms with Gasteiger partial charge in [-0.15, -0.1) is 0 Å². The van der Waals surface area contributed by atoms with Crippen LogP contribution in [0.5, 0.6) is 5.75 Å². The first-order valence-electron chi connectivity index (χ1n) is 8.70. The number of carbonyl (C=O) groups is 3. The Balaban J connectivity index is 1.68. The second kappa shape index (κ2) is 10.9. The Labute approximate surface area is 168 Å². The Kier molecular flexibility index (Phi) is 8.30. The summed E-state index contributed by atoms with van der Waals surface area (Å²) in [6.07, 6.45) is -0.194. The molecule has 0 aliphatic heterocycles. The van der Waals surface area contributed by atoms with Gasteiger partial charge in [-0.05, 0) is 43.3 Å². The molecular formula is C20H21ClN2O5. The number of carbonyl (C=O) groups excluding carboxylic acids is 3. The van der Waals surface area contributed by atoms with Gasteiger partial charge in [-0.1, -0.05) is 23.7 Å². The number of benzene rings is 2. The number of esters is 1. The van der Waals surface area contributed by atoms with Gasteiger partial charge in [0.25, 0.3) is 5.91 Å². The predicted molar refractivity (Wildman–Crippen MR) is 107 cm³/mol. The number of halogens is 1. The van der Waals surface area contributed by atoms with Gasteiger partial charge in [0.2, 0.25) is 5.91 Å². The molecule has 0 saturated carbocycles. The minimum Gasteiger partial charge on any atom is -0.494 e. The molecule has 0 fully saturated rings. The van der Waals surface area contributed by atoms with Crippen molar-refractivity contribution in [3.8, 4) is 5.75 Å². The summed E-state index contributed by atoms with van der Waals surface area (Å²) in [6, 6.07) is 13.6. The predicted octanol–water partition coefficient (Wildman–Crippen LogP) is 3.64. The van der Waals surface area contributed by atoms with E-state index in [0.717, 1.165) is 0 Å². The molecule has 2 aromatic rings. The van der Waals surface area contributed by atoms with Gasteiger partial charge >= 0.3 is 5.97 Å². The fourth-order valence-corrected chi connectivity index (χ4v) is 2.39. The molecule has 2 amide bonds. The minimum absolute atomic E-state index is 0.0574. The standard InChI is InChI=1S/C20H21ClN2O5/c1-2-27-15-9-7-14(8-10-15)22-18(24)11-12-20(26)28-13-19(25)23-17-6-4-3-5-16(17)21/h3-10H,2,11-13H2,1H3,(H,22,24)(H,23,25). The lowest BCUT2D eigenvalue weighted by atomic mass is 10.2. The van der Waals surface area contributed by atoms with E-state index in [1.807, 2.05) is 6.92 Å². The fraction of sp³-hybridized carbons (Fsp3) is 0.250. The van der Waals surface area contributed by atoms with E-state index >= 15 is 0 Å². The summed E-state index contributed by atoms with van der Waals surface area (Å²) in [5.74, 6) is -0.780. The van der Waals surface area contributed by atoms with Crippen LogP contribution in [0.25, 0.3) is 0 Å². The van der Waals surface area contributed by atoms with Crippen molar-refractivity contribution in [2.75, 3.05) is 23.8 Å². The number of anilines is 2. The second-order valence-electron chi connectivity index (χ2n) is 5.69. The van der Waals surface area contributed by atoms with Crippen LogP contribution in [0.4, 0.5) is 11.4 Å². The zero-order valence-electron chi connectivity index (χ0n) is 15.4. The summed E-state index contributed by atoms with van der Waals surface area (Å²) in [5.41, 5.74) is 1.03. The van der Waals surface area contributed by atoms with E-state index in [2.05, 4.69) is 10.6 Å². The van der Waals surface area contributed by atoms with Crippen LogP contribution in [-0.4, -0.2) is 31.0 Å². The Morgan fingerprint density at radius 3 is 2.32 bits per heavy atom. The molecule has 7 nitrogen and oxygen atoms in total. The van der Waals surface area contributed by atoms with Gasteiger partial charge in [0, 0.05) is 12.1 Å². The number of hydrogen-bond donors (Lipinski definition) is 2. The van der Waals surface area contributed by atoms with E-state index < -0.39 is 18.5 Å². The van der Waals surface area contributed by atoms with Crippen LogP contribution in [0.2, 0.25) is 5.02 Å². The van der Waals surface area contributed by atoms with Crippen LogP contribution in [0, 0.1) is 0 Å². The Bertz CT molecular complexity index is 824. The van der Waals surface area contributed by atoms with Crippen molar-refractivity contribution < 1.29 is 23.9 Å². The first kappa shape index (κ1) is 21.2. The Hall–Kier alpha value is -3.06. The largest absolute Gasteiger partial charge is 0.494 e. The molecule has 0 unspecified atom stereocenters. The molecule has 0 aromatic heterocycles. The van der Waals surface area contributed by atoms with Crippen molar-refractivity contribution in [2.45, 2.75) is 19.8 Å². The first-order valence-corrected chi connectivity index (χ1v) is 9.08. The molecule has 0 heterocycles. The molecule has 0 radical (unpaired) electrons. The third-order valence-corrected chi connectivity index (χ3v) is 3.85. The summed E-state index contributed by atoms with van der Waals surface area (Å²) in [5, 5.41) is 5.60. The quantitative estimate of drug-likeness (QED) is 0.622. The van der Waals surface area contributed by atoms with Gasteiger partial charge in [0.05, 0.1) is 23.7 Å². The van der Waals surface area contributed by atoms with Gasteiger partial charge in [0.1, 0.15) is 5.75 Å². The summed E-state index contributed by atoms with van der Waals surface area (Å²) in [6.45, 7) is 1.99. The molecule has 28 heavy (non-hydrogen) atoms. The lowest BCUT2D eigenvalue weighted by Crippen LogP contribution is -2.22. The lowest BCUT2D eigenvalue weighted by Gasteiger charge is -2.08. The van der Waals surface area contributed by atoms with Crippen molar-refractivity contribution in [3.05, 3.63) is 53.6 Å².